The lowest BCUT2D eigenvalue weighted by Crippen LogP contribution is -2.10. The average molecular weight is 545 g/mol. The van der Waals surface area contributed by atoms with Gasteiger partial charge in [0.25, 0.3) is 0 Å². The van der Waals surface area contributed by atoms with E-state index in [1.165, 1.54) is 18.2 Å². The zero-order valence-corrected chi connectivity index (χ0v) is 21.8. The van der Waals surface area contributed by atoms with Crippen LogP contribution in [0.1, 0.15) is 54.2 Å². The second kappa shape index (κ2) is 11.3. The Hall–Kier alpha value is -4.51. The number of allylic oxidation sites excluding steroid dienone is 1. The Morgan fingerprint density at radius 3 is 2.33 bits per heavy atom. The quantitative estimate of drug-likeness (QED) is 0.187. The number of aromatic amines is 1. The Bertz CT molecular complexity index is 1590. The average Bonchev–Trinajstić information content (AvgIpc) is 3.59. The van der Waals surface area contributed by atoms with Gasteiger partial charge in [0.1, 0.15) is 11.4 Å². The first-order chi connectivity index (χ1) is 19.3. The van der Waals surface area contributed by atoms with Crippen LogP contribution in [0.4, 0.5) is 13.2 Å². The number of nitriles is 1. The molecule has 1 heterocycles. The Labute approximate surface area is 229 Å². The lowest BCUT2D eigenvalue weighted by molar-refractivity contribution is -0.137. The Kier molecular flexibility index (Phi) is 7.65. The molecule has 40 heavy (non-hydrogen) atoms. The molecule has 0 radical (unpaired) electrons. The number of alkyl halides is 3. The number of esters is 1. The van der Waals surface area contributed by atoms with Crippen molar-refractivity contribution in [1.82, 2.24) is 4.98 Å². The maximum absolute atomic E-state index is 13.3. The second-order valence-corrected chi connectivity index (χ2v) is 9.63. The summed E-state index contributed by atoms with van der Waals surface area (Å²) in [5.74, 6) is 0.170. The normalized spacial score (nSPS) is 14.1. The van der Waals surface area contributed by atoms with E-state index in [1.54, 1.807) is 19.1 Å². The highest BCUT2D eigenvalue weighted by molar-refractivity contribution is 6.12. The summed E-state index contributed by atoms with van der Waals surface area (Å²) in [6.45, 7) is 1.87. The lowest BCUT2D eigenvalue weighted by atomic mass is 9.89. The van der Waals surface area contributed by atoms with Gasteiger partial charge in [-0.2, -0.15) is 18.4 Å². The summed E-state index contributed by atoms with van der Waals surface area (Å²) in [5.41, 5.74) is 3.26. The number of hydrogen-bond donors (Lipinski definition) is 1. The van der Waals surface area contributed by atoms with Gasteiger partial charge in [0.05, 0.1) is 24.3 Å². The number of fused-ring (bicyclic) bond motifs is 1. The van der Waals surface area contributed by atoms with Crippen molar-refractivity contribution in [2.45, 2.75) is 44.9 Å². The van der Waals surface area contributed by atoms with Crippen LogP contribution in [0.3, 0.4) is 0 Å². The number of carbonyl (C=O) groups excluding carboxylic acids is 1. The van der Waals surface area contributed by atoms with Crippen molar-refractivity contribution in [3.63, 3.8) is 0 Å². The summed E-state index contributed by atoms with van der Waals surface area (Å²) < 4.78 is 51.2. The number of aromatic nitrogens is 1. The van der Waals surface area contributed by atoms with Crippen LogP contribution in [0.25, 0.3) is 39.2 Å². The molecule has 0 spiro atoms. The minimum absolute atomic E-state index is 0.168. The number of ether oxygens (including phenoxy) is 2. The molecule has 5 rings (SSSR count). The van der Waals surface area contributed by atoms with Crippen molar-refractivity contribution in [2.75, 3.05) is 6.61 Å². The highest BCUT2D eigenvalue weighted by atomic mass is 19.4. The van der Waals surface area contributed by atoms with E-state index in [0.717, 1.165) is 49.1 Å². The van der Waals surface area contributed by atoms with Crippen molar-refractivity contribution < 1.29 is 27.4 Å². The van der Waals surface area contributed by atoms with Crippen molar-refractivity contribution >= 4 is 22.9 Å². The fourth-order valence-corrected chi connectivity index (χ4v) is 5.24. The minimum Gasteiger partial charge on any atom is -0.490 e. The van der Waals surface area contributed by atoms with Gasteiger partial charge >= 0.3 is 12.1 Å². The lowest BCUT2D eigenvalue weighted by Gasteiger charge is -2.16. The predicted octanol–water partition coefficient (Wildman–Crippen LogP) is 8.56. The molecule has 3 aromatic carbocycles. The first-order valence-electron chi connectivity index (χ1n) is 13.2. The molecule has 0 amide bonds. The number of H-pyrrole nitrogens is 1. The zero-order chi connectivity index (χ0) is 28.3. The fraction of sp³-hybridized carbons (Fsp3) is 0.250. The van der Waals surface area contributed by atoms with Crippen LogP contribution in [0.15, 0.2) is 66.7 Å². The molecule has 1 aromatic heterocycles. The molecular formula is C32H27F3N2O3. The van der Waals surface area contributed by atoms with Crippen LogP contribution in [-0.2, 0) is 10.9 Å². The van der Waals surface area contributed by atoms with E-state index in [2.05, 4.69) is 4.98 Å². The largest absolute Gasteiger partial charge is 0.490 e. The molecule has 1 fully saturated rings. The van der Waals surface area contributed by atoms with E-state index in [4.69, 9.17) is 9.47 Å². The van der Waals surface area contributed by atoms with Gasteiger partial charge in [0.15, 0.2) is 0 Å². The summed E-state index contributed by atoms with van der Waals surface area (Å²) >= 11 is 0. The summed E-state index contributed by atoms with van der Waals surface area (Å²) in [6, 6.07) is 18.1. The van der Waals surface area contributed by atoms with Gasteiger partial charge in [-0.1, -0.05) is 30.3 Å². The van der Waals surface area contributed by atoms with Gasteiger partial charge in [-0.25, -0.2) is 4.79 Å². The first-order valence-corrected chi connectivity index (χ1v) is 13.2. The van der Waals surface area contributed by atoms with Gasteiger partial charge in [0, 0.05) is 22.5 Å². The number of halogens is 3. The molecule has 8 heteroatoms. The van der Waals surface area contributed by atoms with Gasteiger partial charge in [-0.05, 0) is 91.3 Å². The summed E-state index contributed by atoms with van der Waals surface area (Å²) in [6.07, 6.45) is 2.90. The second-order valence-electron chi connectivity index (χ2n) is 9.63. The molecule has 1 saturated carbocycles. The molecule has 5 nitrogen and oxygen atoms in total. The van der Waals surface area contributed by atoms with Crippen LogP contribution in [0.2, 0.25) is 0 Å². The summed E-state index contributed by atoms with van der Waals surface area (Å²) in [7, 11) is 0. The van der Waals surface area contributed by atoms with Crippen molar-refractivity contribution in [3.05, 3.63) is 83.6 Å². The standard InChI is InChI=1S/C32H27F3N2O3/c1-2-39-31(38)30-26(8-5-19-36)29-27(37-30)18-17-25(20-9-13-22(14-10-20)32(33,34)35)28(29)21-11-15-24(16-12-21)40-23-6-3-4-7-23/h5,8-18,23,37H,2-4,6-7H2,1H3. The number of nitrogens with zero attached hydrogens (tertiary/aromatic N) is 1. The molecule has 0 aliphatic heterocycles. The van der Waals surface area contributed by atoms with Gasteiger partial charge < -0.3 is 14.5 Å². The minimum atomic E-state index is -4.45. The Morgan fingerprint density at radius 1 is 1.02 bits per heavy atom. The van der Waals surface area contributed by atoms with Gasteiger partial charge in [-0.3, -0.25) is 0 Å². The monoisotopic (exact) mass is 544 g/mol. The zero-order valence-electron chi connectivity index (χ0n) is 21.8. The number of hydrogen-bond acceptors (Lipinski definition) is 4. The molecule has 0 saturated heterocycles. The molecule has 1 aliphatic carbocycles. The van der Waals surface area contributed by atoms with Crippen molar-refractivity contribution in [2.24, 2.45) is 0 Å². The third-order valence-electron chi connectivity index (χ3n) is 7.08. The molecule has 1 N–H and O–H groups in total. The van der Waals surface area contributed by atoms with Gasteiger partial charge in [-0.15, -0.1) is 0 Å². The third-order valence-corrected chi connectivity index (χ3v) is 7.08. The van der Waals surface area contributed by atoms with E-state index < -0.39 is 17.7 Å². The van der Waals surface area contributed by atoms with Crippen LogP contribution in [0, 0.1) is 11.3 Å². The predicted molar refractivity (Wildman–Crippen MR) is 148 cm³/mol. The van der Waals surface area contributed by atoms with Crippen LogP contribution in [0.5, 0.6) is 5.75 Å². The van der Waals surface area contributed by atoms with Crippen LogP contribution < -0.4 is 4.74 Å². The van der Waals surface area contributed by atoms with E-state index in [0.29, 0.717) is 33.2 Å². The number of rotatable bonds is 7. The third kappa shape index (κ3) is 5.46. The number of benzene rings is 3. The van der Waals surface area contributed by atoms with E-state index in [1.807, 2.05) is 36.4 Å². The molecular weight excluding hydrogens is 517 g/mol. The summed E-state index contributed by atoms with van der Waals surface area (Å²) in [5, 5.41) is 9.91. The summed E-state index contributed by atoms with van der Waals surface area (Å²) in [4.78, 5) is 16.0. The highest BCUT2D eigenvalue weighted by Crippen LogP contribution is 2.42. The van der Waals surface area contributed by atoms with Crippen molar-refractivity contribution in [3.8, 4) is 34.1 Å². The maximum atomic E-state index is 13.3. The number of nitrogens with one attached hydrogen (secondary N) is 1. The van der Waals surface area contributed by atoms with Crippen LogP contribution in [-0.4, -0.2) is 23.7 Å². The van der Waals surface area contributed by atoms with Gasteiger partial charge in [0.2, 0.25) is 0 Å². The molecule has 204 valence electrons. The first kappa shape index (κ1) is 27.1. The van der Waals surface area contributed by atoms with Crippen molar-refractivity contribution in [1.29, 1.82) is 5.26 Å². The molecule has 0 bridgehead atoms. The number of carbonyl (C=O) groups is 1. The molecule has 4 aromatic rings. The fourth-order valence-electron chi connectivity index (χ4n) is 5.24. The van der Waals surface area contributed by atoms with E-state index >= 15 is 0 Å². The molecule has 1 aliphatic rings. The Balaban J connectivity index is 1.72. The molecule has 0 atom stereocenters. The van der Waals surface area contributed by atoms with E-state index in [-0.39, 0.29) is 18.4 Å². The van der Waals surface area contributed by atoms with E-state index in [9.17, 15) is 23.2 Å². The Morgan fingerprint density at radius 2 is 1.70 bits per heavy atom. The maximum Gasteiger partial charge on any atom is 0.416 e. The smallest absolute Gasteiger partial charge is 0.416 e. The SMILES string of the molecule is CCOC(=O)c1[nH]c2ccc(-c3ccc(C(F)(F)F)cc3)c(-c3ccc(OC4CCCC4)cc3)c2c1C=CC#N. The topological polar surface area (TPSA) is 75.1 Å². The molecule has 0 unspecified atom stereocenters. The van der Waals surface area contributed by atoms with Crippen LogP contribution >= 0.6 is 0 Å². The highest BCUT2D eigenvalue weighted by Gasteiger charge is 2.30.